The normalized spacial score (nSPS) is 10.2. The van der Waals surface area contributed by atoms with Crippen LogP contribution in [0.15, 0.2) is 72.8 Å². The molecule has 1 heterocycles. The monoisotopic (exact) mass is 500 g/mol. The van der Waals surface area contributed by atoms with Gasteiger partial charge in [0.15, 0.2) is 5.82 Å². The molecule has 0 saturated heterocycles. The van der Waals surface area contributed by atoms with Crippen LogP contribution in [0.2, 0.25) is 0 Å². The zero-order chi connectivity index (χ0) is 26.6. The predicted octanol–water partition coefficient (Wildman–Crippen LogP) is 7.39. The Kier molecular flexibility index (Phi) is 10.3. The van der Waals surface area contributed by atoms with Gasteiger partial charge in [-0.1, -0.05) is 20.8 Å². The van der Waals surface area contributed by atoms with Crippen molar-refractivity contribution in [1.82, 2.24) is 9.97 Å². The molecule has 3 aromatic carbocycles. The maximum Gasteiger partial charge on any atom is 0.160 e. The minimum atomic E-state index is 0.311. The van der Waals surface area contributed by atoms with E-state index in [4.69, 9.17) is 28.9 Å². The van der Waals surface area contributed by atoms with Crippen molar-refractivity contribution >= 4 is 0 Å². The molecule has 0 radical (unpaired) electrons. The van der Waals surface area contributed by atoms with Crippen LogP contribution in [0.1, 0.15) is 39.0 Å². The summed E-state index contributed by atoms with van der Waals surface area (Å²) < 4.78 is 22.4. The van der Waals surface area contributed by atoms with Crippen molar-refractivity contribution in [3.05, 3.63) is 84.1 Å². The molecule has 0 aliphatic rings. The van der Waals surface area contributed by atoms with Gasteiger partial charge in [0.1, 0.15) is 29.6 Å². The first kappa shape index (κ1) is 27.5. The highest BCUT2D eigenvalue weighted by Crippen LogP contribution is 2.28. The molecule has 0 unspecified atom stereocenters. The Bertz CT molecular complexity index is 1190. The van der Waals surface area contributed by atoms with Gasteiger partial charge in [-0.05, 0) is 91.7 Å². The van der Waals surface area contributed by atoms with Gasteiger partial charge in [-0.25, -0.2) is 9.97 Å². The molecule has 0 amide bonds. The molecule has 194 valence electrons. The molecular formula is C31H36N2O4. The van der Waals surface area contributed by atoms with Crippen molar-refractivity contribution in [3.8, 4) is 45.6 Å². The van der Waals surface area contributed by atoms with Gasteiger partial charge in [0.05, 0.1) is 32.2 Å². The Labute approximate surface area is 220 Å². The number of hydrogen-bond donors (Lipinski definition) is 0. The Morgan fingerprint density at radius 3 is 1.81 bits per heavy atom. The molecule has 6 nitrogen and oxygen atoms in total. The van der Waals surface area contributed by atoms with Gasteiger partial charge in [-0.2, -0.15) is 0 Å². The molecule has 0 atom stereocenters. The van der Waals surface area contributed by atoms with Gasteiger partial charge in [0, 0.05) is 11.1 Å². The van der Waals surface area contributed by atoms with E-state index in [2.05, 4.69) is 6.92 Å². The largest absolute Gasteiger partial charge is 0.497 e. The van der Waals surface area contributed by atoms with E-state index in [1.807, 2.05) is 93.6 Å². The molecule has 4 rings (SSSR count). The van der Waals surface area contributed by atoms with Gasteiger partial charge in [0.25, 0.3) is 0 Å². The maximum absolute atomic E-state index is 6.14. The lowest BCUT2D eigenvalue weighted by atomic mass is 10.1. The molecule has 0 aliphatic heterocycles. The van der Waals surface area contributed by atoms with E-state index >= 15 is 0 Å². The van der Waals surface area contributed by atoms with E-state index in [0.717, 1.165) is 57.5 Å². The van der Waals surface area contributed by atoms with Crippen molar-refractivity contribution in [3.63, 3.8) is 0 Å². The fourth-order valence-electron chi connectivity index (χ4n) is 3.73. The molecule has 0 N–H and O–H groups in total. The zero-order valence-corrected chi connectivity index (χ0v) is 22.6. The van der Waals surface area contributed by atoms with Crippen molar-refractivity contribution in [2.45, 2.75) is 40.7 Å². The van der Waals surface area contributed by atoms with Crippen molar-refractivity contribution < 1.29 is 18.9 Å². The van der Waals surface area contributed by atoms with E-state index in [1.54, 1.807) is 14.2 Å². The van der Waals surface area contributed by atoms with Crippen molar-refractivity contribution in [1.29, 1.82) is 0 Å². The van der Waals surface area contributed by atoms with Crippen LogP contribution in [0.4, 0.5) is 0 Å². The molecule has 1 aromatic heterocycles. The topological polar surface area (TPSA) is 62.7 Å². The Balaban J connectivity index is 0.00000186. The molecule has 0 aliphatic carbocycles. The van der Waals surface area contributed by atoms with Gasteiger partial charge >= 0.3 is 0 Å². The van der Waals surface area contributed by atoms with Gasteiger partial charge in [0.2, 0.25) is 0 Å². The second-order valence-corrected chi connectivity index (χ2v) is 7.87. The summed E-state index contributed by atoms with van der Waals surface area (Å²) in [5.74, 6) is 3.88. The van der Waals surface area contributed by atoms with Gasteiger partial charge < -0.3 is 18.9 Å². The summed E-state index contributed by atoms with van der Waals surface area (Å²) in [4.78, 5) is 9.63. The zero-order valence-electron chi connectivity index (χ0n) is 22.6. The second-order valence-electron chi connectivity index (χ2n) is 7.87. The molecule has 0 saturated carbocycles. The molecule has 0 fully saturated rings. The molecule has 0 bridgehead atoms. The van der Waals surface area contributed by atoms with Gasteiger partial charge in [-0.15, -0.1) is 0 Å². The van der Waals surface area contributed by atoms with E-state index in [0.29, 0.717) is 19.0 Å². The second kappa shape index (κ2) is 13.9. The van der Waals surface area contributed by atoms with Crippen molar-refractivity contribution in [2.75, 3.05) is 20.8 Å². The third-order valence-corrected chi connectivity index (χ3v) is 5.61. The summed E-state index contributed by atoms with van der Waals surface area (Å²) in [5.41, 5.74) is 4.58. The third kappa shape index (κ3) is 7.23. The summed E-state index contributed by atoms with van der Waals surface area (Å²) in [6, 6.07) is 23.4. The van der Waals surface area contributed by atoms with Crippen LogP contribution in [0, 0.1) is 0 Å². The number of rotatable bonds is 10. The average molecular weight is 501 g/mol. The number of aryl methyl sites for hydroxylation is 1. The SMILES string of the molecule is CC.CCOc1ccc(OCc2cc(-c3ccc(OC)cc3)nc(-c3ccc(OC)cc3)n2)cc1CC. The Hall–Kier alpha value is -4.06. The first-order valence-electron chi connectivity index (χ1n) is 12.7. The lowest BCUT2D eigenvalue weighted by Crippen LogP contribution is -2.03. The summed E-state index contributed by atoms with van der Waals surface area (Å²) in [6.07, 6.45) is 0.864. The minimum Gasteiger partial charge on any atom is -0.497 e. The highest BCUT2D eigenvalue weighted by molar-refractivity contribution is 5.65. The summed E-state index contributed by atoms with van der Waals surface area (Å²) in [5, 5.41) is 0. The van der Waals surface area contributed by atoms with Crippen LogP contribution in [0.3, 0.4) is 0 Å². The summed E-state index contributed by atoms with van der Waals surface area (Å²) in [6.45, 7) is 9.04. The average Bonchev–Trinajstić information content (AvgIpc) is 2.97. The fraction of sp³-hybridized carbons (Fsp3) is 0.290. The predicted molar refractivity (Wildman–Crippen MR) is 149 cm³/mol. The van der Waals surface area contributed by atoms with Crippen LogP contribution in [0.5, 0.6) is 23.0 Å². The number of methoxy groups -OCH3 is 2. The lowest BCUT2D eigenvalue weighted by molar-refractivity contribution is 0.298. The number of ether oxygens (including phenoxy) is 4. The first-order chi connectivity index (χ1) is 18.1. The molecule has 6 heteroatoms. The van der Waals surface area contributed by atoms with E-state index < -0.39 is 0 Å². The van der Waals surface area contributed by atoms with Crippen LogP contribution >= 0.6 is 0 Å². The van der Waals surface area contributed by atoms with E-state index in [1.165, 1.54) is 0 Å². The maximum atomic E-state index is 6.14. The quantitative estimate of drug-likeness (QED) is 0.226. The fourth-order valence-corrected chi connectivity index (χ4v) is 3.73. The standard InChI is InChI=1S/C29H30N2O4.C2H6/c1-5-20-17-26(15-16-28(20)34-6-2)35-19-23-18-27(21-7-11-24(32-3)12-8-21)31-29(30-23)22-9-13-25(33-4)14-10-22;1-2/h7-18H,5-6,19H2,1-4H3;1-2H3. The van der Waals surface area contributed by atoms with Gasteiger partial charge in [-0.3, -0.25) is 0 Å². The van der Waals surface area contributed by atoms with Crippen LogP contribution in [-0.2, 0) is 13.0 Å². The highest BCUT2D eigenvalue weighted by Gasteiger charge is 2.11. The number of aromatic nitrogens is 2. The molecular weight excluding hydrogens is 464 g/mol. The van der Waals surface area contributed by atoms with Crippen LogP contribution < -0.4 is 18.9 Å². The highest BCUT2D eigenvalue weighted by atomic mass is 16.5. The molecule has 4 aromatic rings. The molecule has 37 heavy (non-hydrogen) atoms. The number of nitrogens with zero attached hydrogens (tertiary/aromatic N) is 2. The van der Waals surface area contributed by atoms with Crippen molar-refractivity contribution in [2.24, 2.45) is 0 Å². The summed E-state index contributed by atoms with van der Waals surface area (Å²) in [7, 11) is 3.30. The Morgan fingerprint density at radius 1 is 0.649 bits per heavy atom. The summed E-state index contributed by atoms with van der Waals surface area (Å²) >= 11 is 0. The lowest BCUT2D eigenvalue weighted by Gasteiger charge is -2.13. The first-order valence-corrected chi connectivity index (χ1v) is 12.7. The minimum absolute atomic E-state index is 0.311. The third-order valence-electron chi connectivity index (χ3n) is 5.61. The molecule has 0 spiro atoms. The number of hydrogen-bond acceptors (Lipinski definition) is 6. The van der Waals surface area contributed by atoms with Crippen LogP contribution in [0.25, 0.3) is 22.6 Å². The Morgan fingerprint density at radius 2 is 1.24 bits per heavy atom. The smallest absolute Gasteiger partial charge is 0.160 e. The number of benzene rings is 3. The van der Waals surface area contributed by atoms with E-state index in [-0.39, 0.29) is 0 Å². The van der Waals surface area contributed by atoms with E-state index in [9.17, 15) is 0 Å². The van der Waals surface area contributed by atoms with Crippen LogP contribution in [-0.4, -0.2) is 30.8 Å².